The second-order valence-corrected chi connectivity index (χ2v) is 7.20. The Labute approximate surface area is 118 Å². The van der Waals surface area contributed by atoms with Crippen molar-refractivity contribution in [3.8, 4) is 0 Å². The molecule has 0 atom stereocenters. The van der Waals surface area contributed by atoms with Crippen LogP contribution in [0.1, 0.15) is 42.9 Å². The first-order valence-electron chi connectivity index (χ1n) is 6.75. The third-order valence-corrected chi connectivity index (χ3v) is 4.56. The normalized spacial score (nSPS) is 16.6. The Hall–Kier alpha value is -1.13. The van der Waals surface area contributed by atoms with E-state index in [9.17, 15) is 0 Å². The molecular weight excluding hydrogens is 256 g/mol. The lowest BCUT2D eigenvalue weighted by Crippen LogP contribution is -2.29. The predicted molar refractivity (Wildman–Crippen MR) is 77.3 cm³/mol. The molecule has 2 aromatic rings. The first-order valence-corrected chi connectivity index (χ1v) is 7.63. The lowest BCUT2D eigenvalue weighted by molar-refractivity contribution is 0.217. The van der Waals surface area contributed by atoms with Gasteiger partial charge in [-0.1, -0.05) is 20.8 Å². The number of hydrogen-bond donors (Lipinski definition) is 0. The van der Waals surface area contributed by atoms with Crippen LogP contribution < -0.4 is 0 Å². The van der Waals surface area contributed by atoms with Crippen molar-refractivity contribution in [3.63, 3.8) is 0 Å². The highest BCUT2D eigenvalue weighted by Gasteiger charge is 2.22. The summed E-state index contributed by atoms with van der Waals surface area (Å²) in [4.78, 5) is 8.37. The lowest BCUT2D eigenvalue weighted by Gasteiger charge is -2.25. The molecule has 0 unspecified atom stereocenters. The molecule has 3 nitrogen and oxygen atoms in total. The van der Waals surface area contributed by atoms with Gasteiger partial charge in [0.1, 0.15) is 5.76 Å². The molecule has 19 heavy (non-hydrogen) atoms. The van der Waals surface area contributed by atoms with Crippen LogP contribution in [0.4, 0.5) is 0 Å². The fraction of sp³-hybridized carbons (Fsp3) is 0.533. The molecule has 0 aliphatic carbocycles. The third kappa shape index (κ3) is 2.74. The largest absolute Gasteiger partial charge is 0.444 e. The Morgan fingerprint density at radius 3 is 3.00 bits per heavy atom. The maximum Gasteiger partial charge on any atom is 0.208 e. The van der Waals surface area contributed by atoms with E-state index in [1.54, 1.807) is 4.88 Å². The minimum absolute atomic E-state index is 0.0354. The molecule has 3 heterocycles. The Bertz CT molecular complexity index is 565. The van der Waals surface area contributed by atoms with Gasteiger partial charge in [-0.3, -0.25) is 4.90 Å². The van der Waals surface area contributed by atoms with Crippen LogP contribution in [0, 0.1) is 0 Å². The van der Waals surface area contributed by atoms with Gasteiger partial charge in [-0.25, -0.2) is 4.98 Å². The zero-order valence-corrected chi connectivity index (χ0v) is 12.6. The van der Waals surface area contributed by atoms with Crippen molar-refractivity contribution in [2.24, 2.45) is 0 Å². The molecule has 0 fully saturated rings. The Kier molecular flexibility index (Phi) is 3.23. The fourth-order valence-corrected chi connectivity index (χ4v) is 3.25. The number of aromatic nitrogens is 1. The highest BCUT2D eigenvalue weighted by atomic mass is 32.1. The lowest BCUT2D eigenvalue weighted by atomic mass is 9.94. The summed E-state index contributed by atoms with van der Waals surface area (Å²) in [6, 6.07) is 2.24. The van der Waals surface area contributed by atoms with Gasteiger partial charge in [0.05, 0.1) is 12.7 Å². The van der Waals surface area contributed by atoms with Gasteiger partial charge < -0.3 is 4.42 Å². The third-order valence-electron chi connectivity index (χ3n) is 3.54. The van der Waals surface area contributed by atoms with Crippen molar-refractivity contribution >= 4 is 11.3 Å². The van der Waals surface area contributed by atoms with Crippen molar-refractivity contribution in [3.05, 3.63) is 39.7 Å². The van der Waals surface area contributed by atoms with Gasteiger partial charge in [0, 0.05) is 23.4 Å². The van der Waals surface area contributed by atoms with Crippen LogP contribution in [-0.2, 0) is 24.9 Å². The number of hydrogen-bond acceptors (Lipinski definition) is 4. The molecule has 102 valence electrons. The average Bonchev–Trinajstić information content (AvgIpc) is 2.95. The van der Waals surface area contributed by atoms with E-state index in [1.165, 1.54) is 5.56 Å². The molecule has 2 aromatic heterocycles. The first-order chi connectivity index (χ1) is 9.02. The second-order valence-electron chi connectivity index (χ2n) is 6.20. The highest BCUT2D eigenvalue weighted by Crippen LogP contribution is 2.26. The molecule has 3 rings (SSSR count). The minimum atomic E-state index is 0.0354. The monoisotopic (exact) mass is 276 g/mol. The maximum atomic E-state index is 5.87. The molecule has 0 spiro atoms. The zero-order chi connectivity index (χ0) is 13.5. The van der Waals surface area contributed by atoms with Gasteiger partial charge in [0.25, 0.3) is 0 Å². The molecule has 0 radical (unpaired) electrons. The molecule has 1 aliphatic rings. The van der Waals surface area contributed by atoms with Gasteiger partial charge in [-0.2, -0.15) is 0 Å². The summed E-state index contributed by atoms with van der Waals surface area (Å²) in [7, 11) is 0. The van der Waals surface area contributed by atoms with Gasteiger partial charge in [0.2, 0.25) is 5.89 Å². The second kappa shape index (κ2) is 4.76. The first kappa shape index (κ1) is 12.9. The van der Waals surface area contributed by atoms with E-state index in [0.717, 1.165) is 37.7 Å². The molecular formula is C15H20N2OS. The maximum absolute atomic E-state index is 5.87. The molecule has 1 aliphatic heterocycles. The number of nitrogens with zero attached hydrogens (tertiary/aromatic N) is 2. The smallest absolute Gasteiger partial charge is 0.208 e. The van der Waals surface area contributed by atoms with Crippen molar-refractivity contribution < 1.29 is 4.42 Å². The Balaban J connectivity index is 1.68. The number of fused-ring (bicyclic) bond motifs is 1. The molecule has 0 aromatic carbocycles. The van der Waals surface area contributed by atoms with Crippen molar-refractivity contribution in [2.45, 2.75) is 45.7 Å². The SMILES string of the molecule is CC(C)(C)c1cnc(CN2CCc3sccc3C2)o1. The van der Waals surface area contributed by atoms with E-state index in [4.69, 9.17) is 4.42 Å². The summed E-state index contributed by atoms with van der Waals surface area (Å²) in [5.74, 6) is 1.80. The van der Waals surface area contributed by atoms with Crippen molar-refractivity contribution in [2.75, 3.05) is 6.54 Å². The quantitative estimate of drug-likeness (QED) is 0.839. The van der Waals surface area contributed by atoms with Crippen LogP contribution in [0.5, 0.6) is 0 Å². The Morgan fingerprint density at radius 2 is 2.26 bits per heavy atom. The topological polar surface area (TPSA) is 29.3 Å². The predicted octanol–water partition coefficient (Wildman–Crippen LogP) is 3.59. The number of thiophene rings is 1. The van der Waals surface area contributed by atoms with Crippen molar-refractivity contribution in [1.29, 1.82) is 0 Å². The standard InChI is InChI=1S/C15H20N2OS/c1-15(2,3)13-8-16-14(18-13)10-17-6-4-12-11(9-17)5-7-19-12/h5,7-8H,4,6,9-10H2,1-3H3. The molecule has 0 bridgehead atoms. The average molecular weight is 276 g/mol. The van der Waals surface area contributed by atoms with Crippen molar-refractivity contribution in [1.82, 2.24) is 9.88 Å². The van der Waals surface area contributed by atoms with Crippen LogP contribution in [0.25, 0.3) is 0 Å². The van der Waals surface area contributed by atoms with E-state index in [-0.39, 0.29) is 5.41 Å². The molecule has 0 amide bonds. The van der Waals surface area contributed by atoms with E-state index in [0.29, 0.717) is 0 Å². The summed E-state index contributed by atoms with van der Waals surface area (Å²) < 4.78 is 5.87. The summed E-state index contributed by atoms with van der Waals surface area (Å²) in [5, 5.41) is 2.19. The van der Waals surface area contributed by atoms with E-state index < -0.39 is 0 Å². The summed E-state index contributed by atoms with van der Waals surface area (Å²) in [6.07, 6.45) is 3.02. The van der Waals surface area contributed by atoms with E-state index in [1.807, 2.05) is 17.5 Å². The van der Waals surface area contributed by atoms with Gasteiger partial charge in [-0.05, 0) is 23.4 Å². The molecule has 0 saturated heterocycles. The summed E-state index contributed by atoms with van der Waals surface area (Å²) in [5.41, 5.74) is 1.51. The van der Waals surface area contributed by atoms with Crippen LogP contribution >= 0.6 is 11.3 Å². The van der Waals surface area contributed by atoms with E-state index in [2.05, 4.69) is 42.1 Å². The fourth-order valence-electron chi connectivity index (χ4n) is 2.36. The summed E-state index contributed by atoms with van der Waals surface area (Å²) in [6.45, 7) is 9.37. The minimum Gasteiger partial charge on any atom is -0.444 e. The highest BCUT2D eigenvalue weighted by molar-refractivity contribution is 7.10. The zero-order valence-electron chi connectivity index (χ0n) is 11.8. The van der Waals surface area contributed by atoms with Gasteiger partial charge in [-0.15, -0.1) is 11.3 Å². The van der Waals surface area contributed by atoms with Crippen LogP contribution in [-0.4, -0.2) is 16.4 Å². The van der Waals surface area contributed by atoms with Crippen LogP contribution in [0.15, 0.2) is 22.1 Å². The van der Waals surface area contributed by atoms with Gasteiger partial charge in [0.15, 0.2) is 0 Å². The molecule has 0 saturated carbocycles. The molecule has 0 N–H and O–H groups in total. The Morgan fingerprint density at radius 1 is 1.42 bits per heavy atom. The van der Waals surface area contributed by atoms with Crippen LogP contribution in [0.3, 0.4) is 0 Å². The van der Waals surface area contributed by atoms with Crippen LogP contribution in [0.2, 0.25) is 0 Å². The number of rotatable bonds is 2. The molecule has 4 heteroatoms. The number of oxazole rings is 1. The van der Waals surface area contributed by atoms with Gasteiger partial charge >= 0.3 is 0 Å². The summed E-state index contributed by atoms with van der Waals surface area (Å²) >= 11 is 1.88. The van der Waals surface area contributed by atoms with E-state index >= 15 is 0 Å².